The Morgan fingerprint density at radius 2 is 2.24 bits per heavy atom. The molecule has 1 aliphatic rings. The van der Waals surface area contributed by atoms with Crippen molar-refractivity contribution in [2.45, 2.75) is 57.9 Å². The summed E-state index contributed by atoms with van der Waals surface area (Å²) in [7, 11) is 0. The fourth-order valence-corrected chi connectivity index (χ4v) is 3.53. The number of carbonyl (C=O) groups excluding carboxylic acids is 2. The second-order valence-electron chi connectivity index (χ2n) is 6.04. The summed E-state index contributed by atoms with van der Waals surface area (Å²) >= 11 is 1.60. The number of primary amides is 1. The first-order valence-electron chi connectivity index (χ1n) is 7.48. The van der Waals surface area contributed by atoms with E-state index in [0.717, 1.165) is 30.0 Å². The lowest BCUT2D eigenvalue weighted by atomic mass is 9.85. The summed E-state index contributed by atoms with van der Waals surface area (Å²) in [5.74, 6) is 0.0121. The van der Waals surface area contributed by atoms with Crippen molar-refractivity contribution in [3.8, 4) is 0 Å². The highest BCUT2D eigenvalue weighted by atomic mass is 32.1. The van der Waals surface area contributed by atoms with E-state index in [4.69, 9.17) is 5.73 Å². The van der Waals surface area contributed by atoms with E-state index < -0.39 is 0 Å². The Balaban J connectivity index is 1.84. The van der Waals surface area contributed by atoms with E-state index in [9.17, 15) is 9.59 Å². The molecule has 3 N–H and O–H groups in total. The molecule has 6 heteroatoms. The zero-order valence-corrected chi connectivity index (χ0v) is 13.4. The monoisotopic (exact) mass is 309 g/mol. The highest BCUT2D eigenvalue weighted by Crippen LogP contribution is 2.24. The quantitative estimate of drug-likeness (QED) is 0.872. The smallest absolute Gasteiger partial charge is 0.226 e. The first-order chi connectivity index (χ1) is 9.95. The van der Waals surface area contributed by atoms with Gasteiger partial charge >= 0.3 is 0 Å². The van der Waals surface area contributed by atoms with Crippen LogP contribution in [0.4, 0.5) is 0 Å². The van der Waals surface area contributed by atoms with Gasteiger partial charge in [-0.3, -0.25) is 9.59 Å². The Morgan fingerprint density at radius 3 is 2.86 bits per heavy atom. The molecule has 1 heterocycles. The van der Waals surface area contributed by atoms with Crippen LogP contribution in [0.1, 0.15) is 56.2 Å². The summed E-state index contributed by atoms with van der Waals surface area (Å²) in [6.45, 7) is 4.18. The van der Waals surface area contributed by atoms with Crippen LogP contribution in [-0.2, 0) is 16.0 Å². The molecule has 2 rings (SSSR count). The van der Waals surface area contributed by atoms with Gasteiger partial charge in [-0.1, -0.05) is 20.3 Å². The average molecular weight is 309 g/mol. The van der Waals surface area contributed by atoms with Gasteiger partial charge < -0.3 is 11.1 Å². The van der Waals surface area contributed by atoms with Crippen molar-refractivity contribution >= 4 is 23.2 Å². The van der Waals surface area contributed by atoms with Crippen molar-refractivity contribution in [3.63, 3.8) is 0 Å². The second-order valence-corrected chi connectivity index (χ2v) is 6.93. The molecule has 0 aliphatic heterocycles. The fourth-order valence-electron chi connectivity index (χ4n) is 2.69. The van der Waals surface area contributed by atoms with Crippen LogP contribution in [0, 0.1) is 5.92 Å². The minimum absolute atomic E-state index is 0.0225. The molecule has 2 atom stereocenters. The maximum Gasteiger partial charge on any atom is 0.226 e. The predicted octanol–water partition coefficient (Wildman–Crippen LogP) is 1.97. The first-order valence-corrected chi connectivity index (χ1v) is 8.36. The topological polar surface area (TPSA) is 85.1 Å². The van der Waals surface area contributed by atoms with Gasteiger partial charge in [-0.15, -0.1) is 11.3 Å². The van der Waals surface area contributed by atoms with Gasteiger partial charge in [-0.05, 0) is 19.3 Å². The number of thiazole rings is 1. The largest absolute Gasteiger partial charge is 0.369 e. The third-order valence-corrected chi connectivity index (χ3v) is 5.04. The van der Waals surface area contributed by atoms with Crippen LogP contribution in [0.2, 0.25) is 0 Å². The van der Waals surface area contributed by atoms with Gasteiger partial charge in [0.15, 0.2) is 0 Å². The molecule has 1 fully saturated rings. The van der Waals surface area contributed by atoms with E-state index in [1.807, 2.05) is 5.38 Å². The average Bonchev–Trinajstić information content (AvgIpc) is 2.87. The number of nitrogens with zero attached hydrogens (tertiary/aromatic N) is 1. The van der Waals surface area contributed by atoms with Gasteiger partial charge in [0.05, 0.1) is 17.1 Å². The number of aromatic nitrogens is 1. The molecule has 0 bridgehead atoms. The summed E-state index contributed by atoms with van der Waals surface area (Å²) in [6.07, 6.45) is 3.67. The number of amides is 2. The van der Waals surface area contributed by atoms with Gasteiger partial charge in [0.1, 0.15) is 0 Å². The van der Waals surface area contributed by atoms with Gasteiger partial charge in [0.2, 0.25) is 11.8 Å². The molecule has 1 aromatic rings. The standard InChI is InChI=1S/C15H23N3O2S/c1-9(2)15-18-12(8-21-15)7-13(19)17-11-5-3-4-10(6-11)14(16)20/h8-11H,3-7H2,1-2H3,(H2,16,20)(H,17,19)/t10-,11+/m0/s1. The lowest BCUT2D eigenvalue weighted by Crippen LogP contribution is -2.41. The van der Waals surface area contributed by atoms with Crippen molar-refractivity contribution < 1.29 is 9.59 Å². The molecule has 21 heavy (non-hydrogen) atoms. The van der Waals surface area contributed by atoms with Gasteiger partial charge in [-0.2, -0.15) is 0 Å². The number of hydrogen-bond acceptors (Lipinski definition) is 4. The van der Waals surface area contributed by atoms with Crippen LogP contribution in [-0.4, -0.2) is 22.8 Å². The van der Waals surface area contributed by atoms with Crippen molar-refractivity contribution in [2.75, 3.05) is 0 Å². The third kappa shape index (κ3) is 4.52. The Kier molecular flexibility index (Phi) is 5.33. The van der Waals surface area contributed by atoms with Crippen molar-refractivity contribution in [3.05, 3.63) is 16.1 Å². The fraction of sp³-hybridized carbons (Fsp3) is 0.667. The molecule has 1 aliphatic carbocycles. The first kappa shape index (κ1) is 15.9. The molecule has 1 aromatic heterocycles. The van der Waals surface area contributed by atoms with E-state index in [2.05, 4.69) is 24.1 Å². The molecule has 0 saturated heterocycles. The van der Waals surface area contributed by atoms with Crippen LogP contribution in [0.5, 0.6) is 0 Å². The van der Waals surface area contributed by atoms with E-state index in [1.165, 1.54) is 0 Å². The zero-order chi connectivity index (χ0) is 15.4. The van der Waals surface area contributed by atoms with E-state index in [1.54, 1.807) is 11.3 Å². The van der Waals surface area contributed by atoms with E-state index >= 15 is 0 Å². The van der Waals surface area contributed by atoms with Crippen molar-refractivity contribution in [1.29, 1.82) is 0 Å². The van der Waals surface area contributed by atoms with Crippen LogP contribution in [0.25, 0.3) is 0 Å². The molecule has 2 amide bonds. The number of nitrogens with two attached hydrogens (primary N) is 1. The Bertz CT molecular complexity index is 513. The SMILES string of the molecule is CC(C)c1nc(CC(=O)N[C@@H]2CCC[C@H](C(N)=O)C2)cs1. The number of carbonyl (C=O) groups is 2. The van der Waals surface area contributed by atoms with Crippen LogP contribution in [0.15, 0.2) is 5.38 Å². The van der Waals surface area contributed by atoms with Crippen LogP contribution < -0.4 is 11.1 Å². The second kappa shape index (κ2) is 7.02. The molecular weight excluding hydrogens is 286 g/mol. The number of nitrogens with one attached hydrogen (secondary N) is 1. The highest BCUT2D eigenvalue weighted by Gasteiger charge is 2.26. The molecular formula is C15H23N3O2S. The third-order valence-electron chi connectivity index (χ3n) is 3.85. The summed E-state index contributed by atoms with van der Waals surface area (Å²) in [4.78, 5) is 27.8. The van der Waals surface area contributed by atoms with Gasteiger partial charge in [-0.25, -0.2) is 4.98 Å². The Hall–Kier alpha value is -1.43. The molecule has 0 unspecified atom stereocenters. The molecule has 0 radical (unpaired) electrons. The summed E-state index contributed by atoms with van der Waals surface area (Å²) in [5, 5.41) is 6.01. The van der Waals surface area contributed by atoms with Crippen LogP contribution >= 0.6 is 11.3 Å². The van der Waals surface area contributed by atoms with Crippen molar-refractivity contribution in [1.82, 2.24) is 10.3 Å². The molecule has 5 nitrogen and oxygen atoms in total. The molecule has 116 valence electrons. The lowest BCUT2D eigenvalue weighted by molar-refractivity contribution is -0.125. The molecule has 0 spiro atoms. The maximum absolute atomic E-state index is 12.1. The zero-order valence-electron chi connectivity index (χ0n) is 12.6. The van der Waals surface area contributed by atoms with E-state index in [0.29, 0.717) is 18.8 Å². The maximum atomic E-state index is 12.1. The molecule has 1 saturated carbocycles. The lowest BCUT2D eigenvalue weighted by Gasteiger charge is -2.27. The van der Waals surface area contributed by atoms with Gasteiger partial charge in [0.25, 0.3) is 0 Å². The predicted molar refractivity (Wildman–Crippen MR) is 83.0 cm³/mol. The number of hydrogen-bond donors (Lipinski definition) is 2. The van der Waals surface area contributed by atoms with E-state index in [-0.39, 0.29) is 23.8 Å². The van der Waals surface area contributed by atoms with Crippen molar-refractivity contribution in [2.24, 2.45) is 11.7 Å². The van der Waals surface area contributed by atoms with Crippen LogP contribution in [0.3, 0.4) is 0 Å². The summed E-state index contributed by atoms with van der Waals surface area (Å²) in [6, 6.07) is 0.0620. The Morgan fingerprint density at radius 1 is 1.48 bits per heavy atom. The highest BCUT2D eigenvalue weighted by molar-refractivity contribution is 7.09. The minimum Gasteiger partial charge on any atom is -0.369 e. The summed E-state index contributed by atoms with van der Waals surface area (Å²) < 4.78 is 0. The minimum atomic E-state index is -0.255. The van der Waals surface area contributed by atoms with Gasteiger partial charge in [0, 0.05) is 23.3 Å². The summed E-state index contributed by atoms with van der Waals surface area (Å²) in [5.41, 5.74) is 6.18. The molecule has 0 aromatic carbocycles. The number of rotatable bonds is 5. The Labute approximate surface area is 129 Å². The normalized spacial score (nSPS) is 22.2.